The molecule has 0 saturated heterocycles. The zero-order valence-electron chi connectivity index (χ0n) is 20.8. The molecule has 0 heterocycles. The molecule has 2 aromatic carbocycles. The van der Waals surface area contributed by atoms with Crippen LogP contribution in [0.25, 0.3) is 5.57 Å². The van der Waals surface area contributed by atoms with Crippen LogP contribution in [0.15, 0.2) is 55.1 Å². The lowest BCUT2D eigenvalue weighted by Gasteiger charge is -2.34. The number of anilines is 1. The van der Waals surface area contributed by atoms with Crippen LogP contribution in [0.5, 0.6) is 0 Å². The van der Waals surface area contributed by atoms with E-state index in [1.807, 2.05) is 31.2 Å². The molecule has 0 unspecified atom stereocenters. The van der Waals surface area contributed by atoms with E-state index in [9.17, 15) is 52.7 Å². The molecule has 0 aliphatic heterocycles. The minimum Gasteiger partial charge on any atom is -0.448 e. The van der Waals surface area contributed by atoms with E-state index < -0.39 is 56.8 Å². The summed E-state index contributed by atoms with van der Waals surface area (Å²) < 4.78 is 145. The van der Waals surface area contributed by atoms with Gasteiger partial charge in [0.2, 0.25) is 0 Å². The first kappa shape index (κ1) is 32.9. The Morgan fingerprint density at radius 2 is 1.35 bits per heavy atom. The van der Waals surface area contributed by atoms with Crippen molar-refractivity contribution in [3.05, 3.63) is 71.8 Å². The number of hydrogen-bond acceptors (Lipinski definition) is 4. The van der Waals surface area contributed by atoms with Gasteiger partial charge < -0.3 is 4.74 Å². The highest BCUT2D eigenvalue weighted by atomic mass is 32.2. The number of alkyl halides is 9. The van der Waals surface area contributed by atoms with E-state index in [1.54, 1.807) is 12.1 Å². The number of rotatable bonds is 11. The van der Waals surface area contributed by atoms with Crippen molar-refractivity contribution in [2.75, 3.05) is 25.5 Å². The number of halogens is 9. The Morgan fingerprint density at radius 1 is 0.875 bits per heavy atom. The maximum absolute atomic E-state index is 13.9. The Bertz CT molecular complexity index is 1310. The molecule has 1 amide bonds. The fourth-order valence-corrected chi connectivity index (χ4v) is 4.27. The summed E-state index contributed by atoms with van der Waals surface area (Å²) in [6, 6.07) is 14.0. The van der Waals surface area contributed by atoms with Crippen LogP contribution in [0.3, 0.4) is 0 Å². The highest BCUT2D eigenvalue weighted by molar-refractivity contribution is 7.90. The van der Waals surface area contributed by atoms with Gasteiger partial charge in [-0.05, 0) is 42.2 Å². The predicted molar refractivity (Wildman–Crippen MR) is 128 cm³/mol. The second-order valence-corrected chi connectivity index (χ2v) is 10.7. The van der Waals surface area contributed by atoms with E-state index in [-0.39, 0.29) is 12.7 Å². The van der Waals surface area contributed by atoms with Gasteiger partial charge in [0, 0.05) is 19.3 Å². The summed E-state index contributed by atoms with van der Waals surface area (Å²) in [4.78, 5) is 11.9. The molecule has 2 rings (SSSR count). The maximum Gasteiger partial charge on any atom is 0.460 e. The van der Waals surface area contributed by atoms with Crippen molar-refractivity contribution in [3.8, 4) is 0 Å². The van der Waals surface area contributed by atoms with E-state index >= 15 is 0 Å². The van der Waals surface area contributed by atoms with Crippen LogP contribution in [-0.4, -0.2) is 62.3 Å². The van der Waals surface area contributed by atoms with Gasteiger partial charge >= 0.3 is 29.4 Å². The predicted octanol–water partition coefficient (Wildman–Crippen LogP) is 6.55. The van der Waals surface area contributed by atoms with E-state index in [4.69, 9.17) is 0 Å². The van der Waals surface area contributed by atoms with Crippen LogP contribution in [0, 0.1) is 0 Å². The molecule has 222 valence electrons. The van der Waals surface area contributed by atoms with Crippen molar-refractivity contribution < 1.29 is 57.5 Å². The summed E-state index contributed by atoms with van der Waals surface area (Å²) in [7, 11) is -6.57. The first-order chi connectivity index (χ1) is 18.1. The Morgan fingerprint density at radius 3 is 1.80 bits per heavy atom. The first-order valence-electron chi connectivity index (χ1n) is 11.1. The number of ether oxygens (including phenoxy) is 1. The SMILES string of the molecule is C=C(C)c1ccc(Cc2ccc(NC(=O)OCCN(C)S(=O)(=O)C(F)(F)C(F)(F)C(F)(F)C(F)(F)F)cc2)cc1. The second-order valence-electron chi connectivity index (χ2n) is 8.60. The molecule has 0 radical (unpaired) electrons. The molecule has 6 nitrogen and oxygen atoms in total. The van der Waals surface area contributed by atoms with Crippen LogP contribution in [0.2, 0.25) is 0 Å². The van der Waals surface area contributed by atoms with Gasteiger partial charge in [0.1, 0.15) is 6.61 Å². The lowest BCUT2D eigenvalue weighted by molar-refractivity contribution is -0.382. The van der Waals surface area contributed by atoms with Crippen LogP contribution in [-0.2, 0) is 21.2 Å². The lowest BCUT2D eigenvalue weighted by atomic mass is 10.0. The highest BCUT2D eigenvalue weighted by Gasteiger charge is 2.85. The number of likely N-dealkylation sites (N-methyl/N-ethyl adjacent to an activating group) is 1. The number of carbonyl (C=O) groups is 1. The van der Waals surface area contributed by atoms with Crippen molar-refractivity contribution in [3.63, 3.8) is 0 Å². The molecule has 2 aromatic rings. The fourth-order valence-electron chi connectivity index (χ4n) is 3.11. The molecule has 1 N–H and O–H groups in total. The minimum atomic E-state index is -7.38. The van der Waals surface area contributed by atoms with Gasteiger partial charge in [-0.15, -0.1) is 0 Å². The average molecular weight is 607 g/mol. The minimum absolute atomic E-state index is 0.202. The first-order valence-corrected chi connectivity index (χ1v) is 12.5. The normalized spacial score (nSPS) is 13.3. The lowest BCUT2D eigenvalue weighted by Crippen LogP contribution is -2.65. The molecule has 0 aliphatic carbocycles. The molecule has 0 aliphatic rings. The summed E-state index contributed by atoms with van der Waals surface area (Å²) in [6.07, 6.45) is -7.85. The largest absolute Gasteiger partial charge is 0.460 e. The fraction of sp³-hybridized carbons (Fsp3) is 0.375. The Balaban J connectivity index is 1.95. The van der Waals surface area contributed by atoms with E-state index in [1.165, 1.54) is 12.1 Å². The molecule has 0 aromatic heterocycles. The summed E-state index contributed by atoms with van der Waals surface area (Å²) in [6.45, 7) is 3.41. The van der Waals surface area contributed by atoms with Gasteiger partial charge in [0.15, 0.2) is 0 Å². The number of amides is 1. The van der Waals surface area contributed by atoms with E-state index in [0.717, 1.165) is 22.3 Å². The molecule has 0 spiro atoms. The Hall–Kier alpha value is -3.27. The van der Waals surface area contributed by atoms with Crippen molar-refractivity contribution >= 4 is 27.4 Å². The molecule has 0 saturated carbocycles. The van der Waals surface area contributed by atoms with Gasteiger partial charge in [0.25, 0.3) is 10.0 Å². The van der Waals surface area contributed by atoms with Crippen molar-refractivity contribution in [1.29, 1.82) is 0 Å². The zero-order chi connectivity index (χ0) is 30.7. The third-order valence-electron chi connectivity index (χ3n) is 5.54. The summed E-state index contributed by atoms with van der Waals surface area (Å²) in [5.41, 5.74) is 3.96. The van der Waals surface area contributed by atoms with E-state index in [2.05, 4.69) is 16.6 Å². The van der Waals surface area contributed by atoms with Gasteiger partial charge in [-0.25, -0.2) is 13.2 Å². The van der Waals surface area contributed by atoms with Crippen LogP contribution < -0.4 is 5.32 Å². The van der Waals surface area contributed by atoms with E-state index in [0.29, 0.717) is 6.42 Å². The molecule has 0 atom stereocenters. The smallest absolute Gasteiger partial charge is 0.448 e. The second kappa shape index (κ2) is 11.7. The van der Waals surface area contributed by atoms with Crippen LogP contribution in [0.1, 0.15) is 23.6 Å². The number of nitrogens with one attached hydrogen (secondary N) is 1. The monoisotopic (exact) mass is 606 g/mol. The molecular weight excluding hydrogens is 583 g/mol. The van der Waals surface area contributed by atoms with Gasteiger partial charge in [-0.3, -0.25) is 5.32 Å². The van der Waals surface area contributed by atoms with Crippen LogP contribution >= 0.6 is 0 Å². The topological polar surface area (TPSA) is 75.7 Å². The third-order valence-corrected chi connectivity index (χ3v) is 7.45. The quantitative estimate of drug-likeness (QED) is 0.295. The van der Waals surface area contributed by atoms with Gasteiger partial charge in [-0.1, -0.05) is 48.6 Å². The summed E-state index contributed by atoms with van der Waals surface area (Å²) >= 11 is 0. The van der Waals surface area contributed by atoms with Gasteiger partial charge in [0.05, 0.1) is 0 Å². The number of hydrogen-bond donors (Lipinski definition) is 1. The van der Waals surface area contributed by atoms with Crippen molar-refractivity contribution in [2.24, 2.45) is 0 Å². The summed E-state index contributed by atoms with van der Waals surface area (Å²) in [5.74, 6) is -14.7. The molecular formula is C24H23F9N2O4S. The maximum atomic E-state index is 13.9. The summed E-state index contributed by atoms with van der Waals surface area (Å²) in [5, 5.41) is -4.65. The highest BCUT2D eigenvalue weighted by Crippen LogP contribution is 2.55. The Labute approximate surface area is 223 Å². The third kappa shape index (κ3) is 6.71. The molecule has 16 heteroatoms. The average Bonchev–Trinajstić information content (AvgIpc) is 2.84. The Kier molecular flexibility index (Phi) is 9.62. The van der Waals surface area contributed by atoms with Crippen LogP contribution in [0.4, 0.5) is 50.0 Å². The molecule has 0 bridgehead atoms. The van der Waals surface area contributed by atoms with Gasteiger partial charge in [-0.2, -0.15) is 43.8 Å². The molecule has 40 heavy (non-hydrogen) atoms. The number of nitrogens with zero attached hydrogens (tertiary/aromatic N) is 1. The number of allylic oxidation sites excluding steroid dienone is 1. The standard InChI is InChI=1S/C24H23F9N2O4S/c1-15(2)18-8-4-16(5-9-18)14-17-6-10-19(11-7-17)34-20(36)39-13-12-35(3)40(37,38)24(32,33)22(27,28)21(25,26)23(29,30)31/h4-11H,1,12-14H2,2-3H3,(H,34,36). The number of carbonyl (C=O) groups excluding carboxylic acids is 1. The number of sulfonamides is 1. The van der Waals surface area contributed by atoms with Crippen molar-refractivity contribution in [1.82, 2.24) is 4.31 Å². The number of benzene rings is 2. The molecule has 0 fully saturated rings. The zero-order valence-corrected chi connectivity index (χ0v) is 21.7. The van der Waals surface area contributed by atoms with Crippen molar-refractivity contribution in [2.45, 2.75) is 36.6 Å².